The number of amides is 2. The van der Waals surface area contributed by atoms with E-state index in [0.717, 1.165) is 71.1 Å². The van der Waals surface area contributed by atoms with Crippen molar-refractivity contribution in [1.29, 1.82) is 0 Å². The highest BCUT2D eigenvalue weighted by molar-refractivity contribution is 5.76. The Hall–Kier alpha value is -1.14. The van der Waals surface area contributed by atoms with E-state index in [1.165, 1.54) is 0 Å². The minimum Gasteiger partial charge on any atom is -0.356 e. The number of rotatable bonds is 16. The first-order valence-corrected chi connectivity index (χ1v) is 9.74. The molecule has 0 aliphatic carbocycles. The molecule has 0 aliphatic rings. The van der Waals surface area contributed by atoms with Gasteiger partial charge in [0.1, 0.15) is 0 Å². The number of hydrogen-bond acceptors (Lipinski definition) is 4. The van der Waals surface area contributed by atoms with Gasteiger partial charge in [-0.05, 0) is 67.0 Å². The van der Waals surface area contributed by atoms with Gasteiger partial charge in [0.15, 0.2) is 0 Å². The Balaban J connectivity index is 3.32. The molecular formula is C19H40N4O2. The van der Waals surface area contributed by atoms with E-state index in [4.69, 9.17) is 0 Å². The highest BCUT2D eigenvalue weighted by Crippen LogP contribution is 2.07. The highest BCUT2D eigenvalue weighted by atomic mass is 16.2. The first-order valence-electron chi connectivity index (χ1n) is 9.74. The predicted octanol–water partition coefficient (Wildman–Crippen LogP) is 1.85. The highest BCUT2D eigenvalue weighted by Gasteiger charge is 2.02. The molecule has 2 amide bonds. The van der Waals surface area contributed by atoms with Gasteiger partial charge >= 0.3 is 0 Å². The summed E-state index contributed by atoms with van der Waals surface area (Å²) >= 11 is 0. The smallest absolute Gasteiger partial charge is 0.219 e. The maximum atomic E-state index is 11.7. The second kappa shape index (κ2) is 16.3. The van der Waals surface area contributed by atoms with Crippen LogP contribution in [-0.2, 0) is 9.59 Å². The van der Waals surface area contributed by atoms with E-state index in [1.54, 1.807) is 0 Å². The van der Waals surface area contributed by atoms with Crippen molar-refractivity contribution in [1.82, 2.24) is 20.4 Å². The van der Waals surface area contributed by atoms with E-state index in [9.17, 15) is 9.59 Å². The van der Waals surface area contributed by atoms with Crippen LogP contribution < -0.4 is 10.6 Å². The van der Waals surface area contributed by atoms with Crippen molar-refractivity contribution in [3.63, 3.8) is 0 Å². The van der Waals surface area contributed by atoms with Crippen LogP contribution in [0.3, 0.4) is 0 Å². The molecule has 0 bridgehead atoms. The average Bonchev–Trinajstić information content (AvgIpc) is 2.54. The van der Waals surface area contributed by atoms with Crippen LogP contribution in [0.5, 0.6) is 0 Å². The molecule has 2 N–H and O–H groups in total. The Labute approximate surface area is 154 Å². The zero-order valence-electron chi connectivity index (χ0n) is 16.9. The van der Waals surface area contributed by atoms with Gasteiger partial charge in [-0.25, -0.2) is 0 Å². The van der Waals surface area contributed by atoms with Crippen LogP contribution in [0.1, 0.15) is 57.8 Å². The van der Waals surface area contributed by atoms with Crippen molar-refractivity contribution in [3.05, 3.63) is 0 Å². The molecule has 0 saturated heterocycles. The lowest BCUT2D eigenvalue weighted by atomic mass is 10.1. The maximum absolute atomic E-state index is 11.7. The molecule has 25 heavy (non-hydrogen) atoms. The number of carbonyl (C=O) groups is 2. The minimum atomic E-state index is 0.163. The average molecular weight is 357 g/mol. The summed E-state index contributed by atoms with van der Waals surface area (Å²) in [6.45, 7) is 3.54. The third-order valence-corrected chi connectivity index (χ3v) is 4.02. The van der Waals surface area contributed by atoms with Crippen molar-refractivity contribution in [2.75, 3.05) is 54.4 Å². The van der Waals surface area contributed by atoms with Gasteiger partial charge in [0, 0.05) is 25.9 Å². The quantitative estimate of drug-likeness (QED) is 0.414. The lowest BCUT2D eigenvalue weighted by Gasteiger charge is -2.10. The third kappa shape index (κ3) is 19.0. The largest absolute Gasteiger partial charge is 0.356 e. The van der Waals surface area contributed by atoms with Crippen molar-refractivity contribution >= 4 is 11.8 Å². The van der Waals surface area contributed by atoms with E-state index in [-0.39, 0.29) is 11.8 Å². The van der Waals surface area contributed by atoms with Gasteiger partial charge in [-0.1, -0.05) is 19.3 Å². The van der Waals surface area contributed by atoms with Gasteiger partial charge < -0.3 is 20.4 Å². The molecule has 0 fully saturated rings. The third-order valence-electron chi connectivity index (χ3n) is 4.02. The van der Waals surface area contributed by atoms with Gasteiger partial charge in [0.25, 0.3) is 0 Å². The molecule has 0 rings (SSSR count). The summed E-state index contributed by atoms with van der Waals surface area (Å²) in [5.74, 6) is 0.326. The molecule has 0 aromatic rings. The number of nitrogens with zero attached hydrogens (tertiary/aromatic N) is 2. The van der Waals surface area contributed by atoms with Crippen LogP contribution in [0.4, 0.5) is 0 Å². The van der Waals surface area contributed by atoms with Crippen LogP contribution in [0.2, 0.25) is 0 Å². The van der Waals surface area contributed by atoms with Crippen molar-refractivity contribution in [3.8, 4) is 0 Å². The Morgan fingerprint density at radius 3 is 1.32 bits per heavy atom. The Kier molecular flexibility index (Phi) is 15.6. The number of unbranched alkanes of at least 4 members (excludes halogenated alkanes) is 4. The van der Waals surface area contributed by atoms with Crippen LogP contribution >= 0.6 is 0 Å². The Bertz CT molecular complexity index is 314. The van der Waals surface area contributed by atoms with E-state index >= 15 is 0 Å². The monoisotopic (exact) mass is 356 g/mol. The molecule has 0 aromatic heterocycles. The fourth-order valence-corrected chi connectivity index (χ4v) is 2.52. The molecule has 0 unspecified atom stereocenters. The van der Waals surface area contributed by atoms with Crippen molar-refractivity contribution in [2.24, 2.45) is 0 Å². The summed E-state index contributed by atoms with van der Waals surface area (Å²) in [5, 5.41) is 5.93. The molecule has 6 nitrogen and oxygen atoms in total. The molecule has 0 atom stereocenters. The summed E-state index contributed by atoms with van der Waals surface area (Å²) in [6, 6.07) is 0. The lowest BCUT2D eigenvalue weighted by Crippen LogP contribution is -2.26. The lowest BCUT2D eigenvalue weighted by molar-refractivity contribution is -0.121. The fourth-order valence-electron chi connectivity index (χ4n) is 2.52. The first kappa shape index (κ1) is 23.9. The second-order valence-electron chi connectivity index (χ2n) is 7.28. The van der Waals surface area contributed by atoms with Gasteiger partial charge in [0.05, 0.1) is 0 Å². The standard InChI is InChI=1S/C19H40N4O2/c1-22(2)16-10-14-20-18(24)12-8-6-5-7-9-13-19(25)21-15-11-17-23(3)4/h5-17H2,1-4H3,(H,20,24)(H,21,25). The van der Waals surface area contributed by atoms with Gasteiger partial charge in [-0.3, -0.25) is 9.59 Å². The molecule has 0 aliphatic heterocycles. The van der Waals surface area contributed by atoms with Crippen LogP contribution in [-0.4, -0.2) is 76.0 Å². The maximum Gasteiger partial charge on any atom is 0.219 e. The zero-order valence-corrected chi connectivity index (χ0v) is 16.9. The predicted molar refractivity (Wildman–Crippen MR) is 105 cm³/mol. The Morgan fingerprint density at radius 2 is 0.960 bits per heavy atom. The molecule has 0 radical (unpaired) electrons. The number of hydrogen-bond donors (Lipinski definition) is 2. The van der Waals surface area contributed by atoms with Crippen molar-refractivity contribution in [2.45, 2.75) is 57.8 Å². The minimum absolute atomic E-state index is 0.163. The molecule has 0 aromatic carbocycles. The summed E-state index contributed by atoms with van der Waals surface area (Å²) < 4.78 is 0. The van der Waals surface area contributed by atoms with Crippen LogP contribution in [0.25, 0.3) is 0 Å². The fraction of sp³-hybridized carbons (Fsp3) is 0.895. The molecule has 148 valence electrons. The van der Waals surface area contributed by atoms with Crippen LogP contribution in [0.15, 0.2) is 0 Å². The van der Waals surface area contributed by atoms with E-state index in [0.29, 0.717) is 12.8 Å². The molecule has 0 spiro atoms. The van der Waals surface area contributed by atoms with Crippen LogP contribution in [0, 0.1) is 0 Å². The molecule has 6 heteroatoms. The molecule has 0 heterocycles. The number of carbonyl (C=O) groups excluding carboxylic acids is 2. The molecule has 0 saturated carbocycles. The van der Waals surface area contributed by atoms with E-state index in [1.807, 2.05) is 28.2 Å². The summed E-state index contributed by atoms with van der Waals surface area (Å²) in [6.07, 6.45) is 8.34. The summed E-state index contributed by atoms with van der Waals surface area (Å²) in [5.41, 5.74) is 0. The second-order valence-corrected chi connectivity index (χ2v) is 7.28. The zero-order chi connectivity index (χ0) is 18.9. The Morgan fingerprint density at radius 1 is 0.600 bits per heavy atom. The van der Waals surface area contributed by atoms with E-state index in [2.05, 4.69) is 20.4 Å². The summed E-state index contributed by atoms with van der Waals surface area (Å²) in [7, 11) is 8.15. The van der Waals surface area contributed by atoms with Crippen molar-refractivity contribution < 1.29 is 9.59 Å². The van der Waals surface area contributed by atoms with E-state index < -0.39 is 0 Å². The molecular weight excluding hydrogens is 316 g/mol. The SMILES string of the molecule is CN(C)CCCNC(=O)CCCCCCCC(=O)NCCCN(C)C. The topological polar surface area (TPSA) is 64.7 Å². The first-order chi connectivity index (χ1) is 11.9. The summed E-state index contributed by atoms with van der Waals surface area (Å²) in [4.78, 5) is 27.5. The normalized spacial score (nSPS) is 11.1. The van der Waals surface area contributed by atoms with Gasteiger partial charge in [-0.15, -0.1) is 0 Å². The van der Waals surface area contributed by atoms with Gasteiger partial charge in [-0.2, -0.15) is 0 Å². The number of nitrogens with one attached hydrogen (secondary N) is 2. The van der Waals surface area contributed by atoms with Gasteiger partial charge in [0.2, 0.25) is 11.8 Å².